The molecular formula is C16H13BrN2O3. The van der Waals surface area contributed by atoms with Gasteiger partial charge in [-0.15, -0.1) is 0 Å². The van der Waals surface area contributed by atoms with Gasteiger partial charge in [0.15, 0.2) is 0 Å². The van der Waals surface area contributed by atoms with Gasteiger partial charge in [0, 0.05) is 5.69 Å². The van der Waals surface area contributed by atoms with Crippen molar-refractivity contribution in [2.24, 2.45) is 0 Å². The molecule has 0 fully saturated rings. The van der Waals surface area contributed by atoms with Gasteiger partial charge in [0.2, 0.25) is 0 Å². The third-order valence-electron chi connectivity index (χ3n) is 3.30. The number of nitrogens with one attached hydrogen (secondary N) is 1. The van der Waals surface area contributed by atoms with Crippen molar-refractivity contribution in [3.63, 3.8) is 0 Å². The molecule has 1 aromatic heterocycles. The molecule has 0 unspecified atom stereocenters. The summed E-state index contributed by atoms with van der Waals surface area (Å²) in [7, 11) is 1.30. The van der Waals surface area contributed by atoms with Crippen LogP contribution in [0.2, 0.25) is 0 Å². The van der Waals surface area contributed by atoms with Gasteiger partial charge in [-0.1, -0.05) is 12.1 Å². The first kappa shape index (κ1) is 16.0. The Morgan fingerprint density at radius 2 is 2.00 bits per heavy atom. The first-order chi connectivity index (χ1) is 10.5. The van der Waals surface area contributed by atoms with Crippen LogP contribution in [0.4, 0.5) is 0 Å². The number of nitriles is 1. The van der Waals surface area contributed by atoms with Crippen LogP contribution in [-0.4, -0.2) is 18.1 Å². The lowest BCUT2D eigenvalue weighted by Gasteiger charge is -2.12. The molecule has 0 spiro atoms. The van der Waals surface area contributed by atoms with Gasteiger partial charge in [-0.05, 0) is 52.5 Å². The smallest absolute Gasteiger partial charge is 0.339 e. The fourth-order valence-electron chi connectivity index (χ4n) is 2.21. The van der Waals surface area contributed by atoms with Crippen LogP contribution in [0.1, 0.15) is 32.7 Å². The Bertz CT molecular complexity index is 817. The standard InChI is InChI=1S/C16H13BrN2O3/c1-9-13(16(21)22-2)12(14(17)15(20)19-9)7-10-3-5-11(8-18)6-4-10/h3-6H,7H2,1-2H3,(H,19,20). The van der Waals surface area contributed by atoms with E-state index in [1.54, 1.807) is 31.2 Å². The van der Waals surface area contributed by atoms with Crippen LogP contribution >= 0.6 is 15.9 Å². The van der Waals surface area contributed by atoms with E-state index >= 15 is 0 Å². The molecule has 6 heteroatoms. The number of carbonyl (C=O) groups is 1. The van der Waals surface area contributed by atoms with Crippen LogP contribution in [0.5, 0.6) is 0 Å². The fraction of sp³-hybridized carbons (Fsp3) is 0.188. The predicted octanol–water partition coefficient (Wildman–Crippen LogP) is 2.69. The van der Waals surface area contributed by atoms with Crippen LogP contribution < -0.4 is 5.56 Å². The Kier molecular flexibility index (Phi) is 4.78. The van der Waals surface area contributed by atoms with Crippen LogP contribution in [0.15, 0.2) is 33.5 Å². The van der Waals surface area contributed by atoms with Crippen molar-refractivity contribution in [1.29, 1.82) is 5.26 Å². The fourth-order valence-corrected chi connectivity index (χ4v) is 2.64. The van der Waals surface area contributed by atoms with Crippen molar-refractivity contribution in [3.05, 3.63) is 67.0 Å². The number of pyridine rings is 1. The predicted molar refractivity (Wildman–Crippen MR) is 84.8 cm³/mol. The molecule has 0 aliphatic carbocycles. The Balaban J connectivity index is 2.55. The molecule has 0 aliphatic rings. The molecule has 2 rings (SSSR count). The summed E-state index contributed by atoms with van der Waals surface area (Å²) >= 11 is 3.24. The second kappa shape index (κ2) is 6.58. The molecule has 0 aliphatic heterocycles. The first-order valence-electron chi connectivity index (χ1n) is 6.46. The van der Waals surface area contributed by atoms with Gasteiger partial charge in [0.05, 0.1) is 28.8 Å². The van der Waals surface area contributed by atoms with Crippen molar-refractivity contribution in [2.45, 2.75) is 13.3 Å². The second-order valence-corrected chi connectivity index (χ2v) is 5.52. The summed E-state index contributed by atoms with van der Waals surface area (Å²) in [6, 6.07) is 9.03. The van der Waals surface area contributed by atoms with Gasteiger partial charge in [0.1, 0.15) is 0 Å². The zero-order chi connectivity index (χ0) is 16.3. The van der Waals surface area contributed by atoms with Crippen molar-refractivity contribution < 1.29 is 9.53 Å². The molecule has 0 amide bonds. The number of H-pyrrole nitrogens is 1. The first-order valence-corrected chi connectivity index (χ1v) is 7.25. The second-order valence-electron chi connectivity index (χ2n) is 4.72. The molecule has 0 saturated heterocycles. The van der Waals surface area contributed by atoms with Crippen LogP contribution in [0.25, 0.3) is 0 Å². The minimum atomic E-state index is -0.502. The number of methoxy groups -OCH3 is 1. The molecule has 1 N–H and O–H groups in total. The van der Waals surface area contributed by atoms with Crippen molar-refractivity contribution in [2.75, 3.05) is 7.11 Å². The summed E-state index contributed by atoms with van der Waals surface area (Å²) in [5, 5.41) is 8.82. The molecule has 1 heterocycles. The molecule has 22 heavy (non-hydrogen) atoms. The number of nitrogens with zero attached hydrogens (tertiary/aromatic N) is 1. The van der Waals surface area contributed by atoms with E-state index in [1.807, 2.05) is 6.07 Å². The lowest BCUT2D eigenvalue weighted by atomic mass is 9.98. The van der Waals surface area contributed by atoms with E-state index in [4.69, 9.17) is 10.00 Å². The van der Waals surface area contributed by atoms with Crippen LogP contribution in [0, 0.1) is 18.3 Å². The number of hydrogen-bond acceptors (Lipinski definition) is 4. The average Bonchev–Trinajstić information content (AvgIpc) is 2.52. The highest BCUT2D eigenvalue weighted by atomic mass is 79.9. The normalized spacial score (nSPS) is 10.1. The summed E-state index contributed by atoms with van der Waals surface area (Å²) < 4.78 is 5.11. The van der Waals surface area contributed by atoms with E-state index in [2.05, 4.69) is 20.9 Å². The minimum absolute atomic E-state index is 0.297. The van der Waals surface area contributed by atoms with Crippen LogP contribution in [-0.2, 0) is 11.2 Å². The number of aromatic amines is 1. The van der Waals surface area contributed by atoms with E-state index in [1.165, 1.54) is 7.11 Å². The number of rotatable bonds is 3. The average molecular weight is 361 g/mol. The van der Waals surface area contributed by atoms with E-state index in [0.29, 0.717) is 33.3 Å². The summed E-state index contributed by atoms with van der Waals surface area (Å²) in [6.45, 7) is 1.66. The maximum atomic E-state index is 12.0. The van der Waals surface area contributed by atoms with Gasteiger partial charge in [-0.3, -0.25) is 4.79 Å². The maximum absolute atomic E-state index is 12.0. The van der Waals surface area contributed by atoms with Crippen molar-refractivity contribution in [1.82, 2.24) is 4.98 Å². The van der Waals surface area contributed by atoms with Crippen molar-refractivity contribution in [3.8, 4) is 6.07 Å². The summed E-state index contributed by atoms with van der Waals surface area (Å²) in [5.74, 6) is -0.502. The zero-order valence-electron chi connectivity index (χ0n) is 12.1. The Hall–Kier alpha value is -2.39. The third kappa shape index (κ3) is 3.10. The van der Waals surface area contributed by atoms with Crippen LogP contribution in [0.3, 0.4) is 0 Å². The number of esters is 1. The van der Waals surface area contributed by atoms with Crippen molar-refractivity contribution >= 4 is 21.9 Å². The molecule has 0 saturated carbocycles. The summed E-state index contributed by atoms with van der Waals surface area (Å²) in [6.07, 6.45) is 0.376. The molecule has 0 radical (unpaired) electrons. The number of halogens is 1. The molecule has 5 nitrogen and oxygen atoms in total. The molecule has 0 bridgehead atoms. The topological polar surface area (TPSA) is 83.0 Å². The van der Waals surface area contributed by atoms with E-state index in [0.717, 1.165) is 5.56 Å². The highest BCUT2D eigenvalue weighted by Gasteiger charge is 2.20. The summed E-state index contributed by atoms with van der Waals surface area (Å²) in [4.78, 5) is 26.5. The Morgan fingerprint density at radius 3 is 2.55 bits per heavy atom. The quantitative estimate of drug-likeness (QED) is 0.853. The highest BCUT2D eigenvalue weighted by Crippen LogP contribution is 2.23. The molecule has 0 atom stereocenters. The molecule has 112 valence electrons. The van der Waals surface area contributed by atoms with Gasteiger partial charge < -0.3 is 9.72 Å². The van der Waals surface area contributed by atoms with E-state index in [9.17, 15) is 9.59 Å². The zero-order valence-corrected chi connectivity index (χ0v) is 13.7. The SMILES string of the molecule is COC(=O)c1c(C)[nH]c(=O)c(Br)c1Cc1ccc(C#N)cc1. The van der Waals surface area contributed by atoms with Gasteiger partial charge in [-0.2, -0.15) is 5.26 Å². The number of aryl methyl sites for hydroxylation is 1. The van der Waals surface area contributed by atoms with Gasteiger partial charge in [0.25, 0.3) is 5.56 Å². The molecular weight excluding hydrogens is 348 g/mol. The van der Waals surface area contributed by atoms with E-state index in [-0.39, 0.29) is 5.56 Å². The van der Waals surface area contributed by atoms with Gasteiger partial charge in [-0.25, -0.2) is 4.79 Å². The lowest BCUT2D eigenvalue weighted by molar-refractivity contribution is 0.0598. The third-order valence-corrected chi connectivity index (χ3v) is 4.13. The lowest BCUT2D eigenvalue weighted by Crippen LogP contribution is -2.19. The monoisotopic (exact) mass is 360 g/mol. The number of aromatic nitrogens is 1. The Morgan fingerprint density at radius 1 is 1.36 bits per heavy atom. The number of carbonyl (C=O) groups excluding carboxylic acids is 1. The minimum Gasteiger partial charge on any atom is -0.465 e. The largest absolute Gasteiger partial charge is 0.465 e. The van der Waals surface area contributed by atoms with Gasteiger partial charge >= 0.3 is 5.97 Å². The Labute approximate surface area is 135 Å². The number of ether oxygens (including phenoxy) is 1. The molecule has 1 aromatic carbocycles. The number of hydrogen-bond donors (Lipinski definition) is 1. The maximum Gasteiger partial charge on any atom is 0.339 e. The summed E-state index contributed by atoms with van der Waals surface area (Å²) in [5.41, 5.74) is 2.52. The van der Waals surface area contributed by atoms with E-state index < -0.39 is 5.97 Å². The highest BCUT2D eigenvalue weighted by molar-refractivity contribution is 9.10. The number of benzene rings is 1. The molecule has 2 aromatic rings.